The molecule has 0 unspecified atom stereocenters. The summed E-state index contributed by atoms with van der Waals surface area (Å²) < 4.78 is 9.02. The lowest BCUT2D eigenvalue weighted by molar-refractivity contribution is 0.356. The summed E-state index contributed by atoms with van der Waals surface area (Å²) in [5.41, 5.74) is 14.3. The summed E-state index contributed by atoms with van der Waals surface area (Å²) in [5.74, 6) is 1.37. The van der Waals surface area contributed by atoms with Crippen molar-refractivity contribution in [3.05, 3.63) is 27.6 Å². The van der Waals surface area contributed by atoms with E-state index in [4.69, 9.17) is 21.2 Å². The van der Waals surface area contributed by atoms with E-state index in [9.17, 15) is 0 Å². The molecule has 2 aromatic heterocycles. The minimum absolute atomic E-state index is 0.404. The topological polar surface area (TPSA) is 105 Å². The van der Waals surface area contributed by atoms with Gasteiger partial charge in [-0.25, -0.2) is 15.0 Å². The number of unbranched alkanes of at least 4 members (excludes halogenated alkanes) is 1. The molecule has 26 heavy (non-hydrogen) atoms. The Labute approximate surface area is 169 Å². The maximum atomic E-state index is 6.01. The average molecular weight is 482 g/mol. The van der Waals surface area contributed by atoms with E-state index in [2.05, 4.69) is 49.3 Å². The molecule has 0 atom stereocenters. The van der Waals surface area contributed by atoms with Crippen molar-refractivity contribution >= 4 is 51.3 Å². The molecular formula is C17H19IN6OS. The number of rotatable bonds is 6. The van der Waals surface area contributed by atoms with Crippen molar-refractivity contribution in [2.45, 2.75) is 35.9 Å². The van der Waals surface area contributed by atoms with Crippen LogP contribution < -0.4 is 16.2 Å². The van der Waals surface area contributed by atoms with Crippen LogP contribution in [0.1, 0.15) is 18.4 Å². The molecule has 1 aromatic carbocycles. The maximum Gasteiger partial charge on any atom is 0.175 e. The van der Waals surface area contributed by atoms with E-state index in [1.54, 1.807) is 11.8 Å². The molecule has 3 aromatic rings. The van der Waals surface area contributed by atoms with Crippen LogP contribution in [-0.4, -0.2) is 32.7 Å². The summed E-state index contributed by atoms with van der Waals surface area (Å²) in [7, 11) is 0. The fraction of sp³-hybridized carbons (Fsp3) is 0.353. The van der Waals surface area contributed by atoms with Gasteiger partial charge in [0.15, 0.2) is 22.1 Å². The molecule has 7 nitrogen and oxygen atoms in total. The van der Waals surface area contributed by atoms with Gasteiger partial charge in [0.05, 0.1) is 6.61 Å². The van der Waals surface area contributed by atoms with Gasteiger partial charge in [-0.1, -0.05) is 11.8 Å². The lowest BCUT2D eigenvalue weighted by atomic mass is 10.2. The van der Waals surface area contributed by atoms with E-state index in [1.165, 1.54) is 15.5 Å². The van der Waals surface area contributed by atoms with Gasteiger partial charge in [-0.2, -0.15) is 0 Å². The molecule has 0 aliphatic carbocycles. The van der Waals surface area contributed by atoms with Crippen LogP contribution in [0.5, 0.6) is 5.75 Å². The predicted molar refractivity (Wildman–Crippen MR) is 111 cm³/mol. The number of ether oxygens (including phenoxy) is 1. The quantitative estimate of drug-likeness (QED) is 0.411. The number of nitrogens with two attached hydrogens (primary N) is 2. The van der Waals surface area contributed by atoms with Crippen LogP contribution in [0, 0.1) is 3.57 Å². The van der Waals surface area contributed by atoms with Gasteiger partial charge in [0, 0.05) is 21.4 Å². The molecule has 9 heteroatoms. The van der Waals surface area contributed by atoms with Crippen LogP contribution in [-0.2, 0) is 13.0 Å². The number of aryl methyl sites for hydroxylation is 1. The highest BCUT2D eigenvalue weighted by atomic mass is 127. The minimum Gasteiger partial charge on any atom is -0.493 e. The molecule has 0 saturated carbocycles. The minimum atomic E-state index is 0.404. The summed E-state index contributed by atoms with van der Waals surface area (Å²) in [6.45, 7) is 2.22. The van der Waals surface area contributed by atoms with E-state index < -0.39 is 0 Å². The van der Waals surface area contributed by atoms with Crippen molar-refractivity contribution in [2.75, 3.05) is 18.9 Å². The summed E-state index contributed by atoms with van der Waals surface area (Å²) in [5, 5.41) is 0.861. The fourth-order valence-corrected chi connectivity index (χ4v) is 4.79. The third kappa shape index (κ3) is 3.35. The molecule has 4 N–H and O–H groups in total. The molecule has 0 bridgehead atoms. The standard InChI is InChI=1S/C17H19IN6OS/c18-11-7-10-3-6-25-12(10)8-13(11)26-17-23-14-15(20)21-9-22-16(14)24(17)5-2-1-4-19/h7-9H,1-6,19H2,(H2,20,21,22). The fourth-order valence-electron chi connectivity index (χ4n) is 2.98. The molecule has 0 saturated heterocycles. The van der Waals surface area contributed by atoms with E-state index >= 15 is 0 Å². The van der Waals surface area contributed by atoms with Gasteiger partial charge in [0.2, 0.25) is 0 Å². The van der Waals surface area contributed by atoms with E-state index in [0.29, 0.717) is 17.9 Å². The Morgan fingerprint density at radius 1 is 1.27 bits per heavy atom. The number of imidazole rings is 1. The monoisotopic (exact) mass is 482 g/mol. The second-order valence-corrected chi connectivity index (χ2v) is 8.24. The van der Waals surface area contributed by atoms with Crippen molar-refractivity contribution in [1.82, 2.24) is 19.5 Å². The highest BCUT2D eigenvalue weighted by Crippen LogP contribution is 2.38. The van der Waals surface area contributed by atoms with Gasteiger partial charge in [-0.3, -0.25) is 0 Å². The second kappa shape index (κ2) is 7.57. The molecule has 3 heterocycles. The molecule has 0 fully saturated rings. The Morgan fingerprint density at radius 2 is 2.15 bits per heavy atom. The first-order chi connectivity index (χ1) is 12.7. The van der Waals surface area contributed by atoms with Crippen molar-refractivity contribution in [1.29, 1.82) is 0 Å². The van der Waals surface area contributed by atoms with E-state index in [0.717, 1.165) is 53.9 Å². The molecule has 1 aliphatic heterocycles. The van der Waals surface area contributed by atoms with Crippen molar-refractivity contribution in [2.24, 2.45) is 5.73 Å². The third-order valence-corrected chi connectivity index (χ3v) is 6.62. The highest BCUT2D eigenvalue weighted by molar-refractivity contribution is 14.1. The predicted octanol–water partition coefficient (Wildman–Crippen LogP) is 2.84. The summed E-state index contributed by atoms with van der Waals surface area (Å²) in [6, 6.07) is 4.30. The lowest BCUT2D eigenvalue weighted by Gasteiger charge is -2.10. The van der Waals surface area contributed by atoms with Crippen molar-refractivity contribution in [3.8, 4) is 5.75 Å². The largest absolute Gasteiger partial charge is 0.493 e. The summed E-state index contributed by atoms with van der Waals surface area (Å²) in [6.07, 6.45) is 4.37. The van der Waals surface area contributed by atoms with Crippen molar-refractivity contribution in [3.63, 3.8) is 0 Å². The van der Waals surface area contributed by atoms with Gasteiger partial charge in [0.1, 0.15) is 12.1 Å². The number of nitrogens with zero attached hydrogens (tertiary/aromatic N) is 4. The number of nitrogen functional groups attached to an aromatic ring is 1. The number of anilines is 1. The van der Waals surface area contributed by atoms with Gasteiger partial charge >= 0.3 is 0 Å². The number of hydrogen-bond donors (Lipinski definition) is 2. The SMILES string of the molecule is NCCCCn1c(Sc2cc3c(cc2I)CCO3)nc2c(N)ncnc21. The number of halogens is 1. The Bertz CT molecular complexity index is 960. The van der Waals surface area contributed by atoms with Gasteiger partial charge < -0.3 is 20.8 Å². The number of benzene rings is 1. The Morgan fingerprint density at radius 3 is 3.00 bits per heavy atom. The highest BCUT2D eigenvalue weighted by Gasteiger charge is 2.19. The normalized spacial score (nSPS) is 13.2. The zero-order valence-electron chi connectivity index (χ0n) is 14.1. The van der Waals surface area contributed by atoms with Gasteiger partial charge in [0.25, 0.3) is 0 Å². The van der Waals surface area contributed by atoms with Gasteiger partial charge in [-0.05, 0) is 59.7 Å². The maximum absolute atomic E-state index is 6.01. The van der Waals surface area contributed by atoms with Crippen LogP contribution in [0.3, 0.4) is 0 Å². The molecule has 1 aliphatic rings. The molecular weight excluding hydrogens is 463 g/mol. The van der Waals surface area contributed by atoms with Crippen LogP contribution in [0.4, 0.5) is 5.82 Å². The third-order valence-electron chi connectivity index (χ3n) is 4.31. The van der Waals surface area contributed by atoms with E-state index in [-0.39, 0.29) is 0 Å². The number of fused-ring (bicyclic) bond motifs is 2. The summed E-state index contributed by atoms with van der Waals surface area (Å²) >= 11 is 3.98. The zero-order valence-corrected chi connectivity index (χ0v) is 17.1. The van der Waals surface area contributed by atoms with Crippen LogP contribution in [0.2, 0.25) is 0 Å². The van der Waals surface area contributed by atoms with E-state index in [1.807, 2.05) is 0 Å². The second-order valence-electron chi connectivity index (χ2n) is 6.06. The van der Waals surface area contributed by atoms with Crippen LogP contribution in [0.15, 0.2) is 28.5 Å². The first-order valence-electron chi connectivity index (χ1n) is 8.47. The number of aromatic nitrogens is 4. The average Bonchev–Trinajstić information content (AvgIpc) is 3.21. The number of hydrogen-bond acceptors (Lipinski definition) is 7. The first kappa shape index (κ1) is 17.8. The molecule has 0 radical (unpaired) electrons. The Balaban J connectivity index is 1.73. The molecule has 136 valence electrons. The smallest absolute Gasteiger partial charge is 0.175 e. The van der Waals surface area contributed by atoms with Crippen molar-refractivity contribution < 1.29 is 4.74 Å². The lowest BCUT2D eigenvalue weighted by Crippen LogP contribution is -2.05. The van der Waals surface area contributed by atoms with Gasteiger partial charge in [-0.15, -0.1) is 0 Å². The Hall–Kier alpha value is -1.59. The zero-order chi connectivity index (χ0) is 18.1. The van der Waals surface area contributed by atoms with Crippen LogP contribution in [0.25, 0.3) is 11.2 Å². The first-order valence-corrected chi connectivity index (χ1v) is 10.4. The molecule has 0 amide bonds. The molecule has 4 rings (SSSR count). The Kier molecular flexibility index (Phi) is 5.18. The molecule has 0 spiro atoms. The summed E-state index contributed by atoms with van der Waals surface area (Å²) in [4.78, 5) is 14.3. The van der Waals surface area contributed by atoms with Crippen LogP contribution >= 0.6 is 34.4 Å².